The van der Waals surface area contributed by atoms with Crippen LogP contribution in [0.25, 0.3) is 0 Å². The third kappa shape index (κ3) is 5.20. The van der Waals surface area contributed by atoms with Gasteiger partial charge >= 0.3 is 0 Å². The molecule has 1 aliphatic carbocycles. The second-order valence-corrected chi connectivity index (χ2v) is 9.94. The summed E-state index contributed by atoms with van der Waals surface area (Å²) in [6, 6.07) is 5.33. The number of rotatable bonds is 5. The van der Waals surface area contributed by atoms with Crippen molar-refractivity contribution in [2.24, 2.45) is 5.92 Å². The molecule has 2 aliphatic rings. The van der Waals surface area contributed by atoms with Gasteiger partial charge in [-0.1, -0.05) is 22.9 Å². The molecule has 26 heavy (non-hydrogen) atoms. The fourth-order valence-corrected chi connectivity index (χ4v) is 5.23. The van der Waals surface area contributed by atoms with Crippen molar-refractivity contribution in [2.75, 3.05) is 12.4 Å². The van der Waals surface area contributed by atoms with E-state index >= 15 is 0 Å². The highest BCUT2D eigenvalue weighted by Gasteiger charge is 2.27. The molecule has 1 heterocycles. The summed E-state index contributed by atoms with van der Waals surface area (Å²) >= 11 is 3.42. The highest BCUT2D eigenvalue weighted by Crippen LogP contribution is 2.34. The van der Waals surface area contributed by atoms with Gasteiger partial charge in [-0.2, -0.15) is 0 Å². The van der Waals surface area contributed by atoms with Crippen LogP contribution in [-0.2, 0) is 14.8 Å². The zero-order valence-electron chi connectivity index (χ0n) is 14.8. The molecule has 2 N–H and O–H groups in total. The first-order valence-corrected chi connectivity index (χ1v) is 11.5. The molecule has 6 nitrogen and oxygen atoms in total. The molecule has 0 spiro atoms. The van der Waals surface area contributed by atoms with E-state index < -0.39 is 21.7 Å². The maximum Gasteiger partial charge on any atom is 0.237 e. The highest BCUT2D eigenvalue weighted by molar-refractivity contribution is 9.10. The van der Waals surface area contributed by atoms with Crippen LogP contribution in [0.2, 0.25) is 0 Å². The average molecular weight is 445 g/mol. The standard InChI is InChI=1S/C18H25BrN2O4S/c1-12-2-5-14(6-3-12)21-26(23,24)11-18(22)20-16-8-9-25-17-7-4-13(19)10-15(16)17/h4,7,10,12,14,16,21H,2-3,5-6,8-9,11H2,1H3,(H,20,22). The van der Waals surface area contributed by atoms with Crippen molar-refractivity contribution >= 4 is 31.9 Å². The molecule has 0 radical (unpaired) electrons. The van der Waals surface area contributed by atoms with E-state index in [1.54, 1.807) is 0 Å². The zero-order valence-corrected chi connectivity index (χ0v) is 17.2. The Kier molecular flexibility index (Phi) is 6.25. The summed E-state index contributed by atoms with van der Waals surface area (Å²) in [7, 11) is -3.64. The van der Waals surface area contributed by atoms with Gasteiger partial charge in [0.25, 0.3) is 0 Å². The van der Waals surface area contributed by atoms with Crippen molar-refractivity contribution in [3.05, 3.63) is 28.2 Å². The highest BCUT2D eigenvalue weighted by atomic mass is 79.9. The Morgan fingerprint density at radius 3 is 2.69 bits per heavy atom. The van der Waals surface area contributed by atoms with Crippen molar-refractivity contribution in [1.82, 2.24) is 10.0 Å². The predicted octanol–water partition coefficient (Wildman–Crippen LogP) is 2.89. The van der Waals surface area contributed by atoms with Crippen molar-refractivity contribution in [1.29, 1.82) is 0 Å². The largest absolute Gasteiger partial charge is 0.493 e. The number of nitrogens with one attached hydrogen (secondary N) is 2. The van der Waals surface area contributed by atoms with Crippen molar-refractivity contribution in [3.8, 4) is 5.75 Å². The lowest BCUT2D eigenvalue weighted by Crippen LogP contribution is -2.43. The monoisotopic (exact) mass is 444 g/mol. The van der Waals surface area contributed by atoms with Gasteiger partial charge in [0.05, 0.1) is 12.6 Å². The van der Waals surface area contributed by atoms with E-state index in [-0.39, 0.29) is 12.1 Å². The SMILES string of the molecule is CC1CCC(NS(=O)(=O)CC(=O)NC2CCOc3ccc(Br)cc32)CC1. The summed E-state index contributed by atoms with van der Waals surface area (Å²) in [5, 5.41) is 2.84. The number of hydrogen-bond acceptors (Lipinski definition) is 4. The molecule has 1 unspecified atom stereocenters. The molecule has 8 heteroatoms. The Hall–Kier alpha value is -1.12. The maximum absolute atomic E-state index is 12.3. The summed E-state index contributed by atoms with van der Waals surface area (Å²) in [6.07, 6.45) is 4.33. The molecule has 1 aliphatic heterocycles. The van der Waals surface area contributed by atoms with E-state index in [4.69, 9.17) is 4.74 Å². The first-order chi connectivity index (χ1) is 12.3. The smallest absolute Gasteiger partial charge is 0.237 e. The molecule has 144 valence electrons. The summed E-state index contributed by atoms with van der Waals surface area (Å²) in [6.45, 7) is 2.67. The zero-order chi connectivity index (χ0) is 18.7. The minimum absolute atomic E-state index is 0.0521. The van der Waals surface area contributed by atoms with Gasteiger partial charge in [-0.25, -0.2) is 13.1 Å². The number of carbonyl (C=O) groups is 1. The Labute approximate surface area is 163 Å². The number of halogens is 1. The maximum atomic E-state index is 12.3. The van der Waals surface area contributed by atoms with E-state index in [0.29, 0.717) is 18.9 Å². The number of fused-ring (bicyclic) bond motifs is 1. The summed E-state index contributed by atoms with van der Waals surface area (Å²) < 4.78 is 33.8. The van der Waals surface area contributed by atoms with Crippen LogP contribution in [0.5, 0.6) is 5.75 Å². The lowest BCUT2D eigenvalue weighted by molar-refractivity contribution is -0.119. The van der Waals surface area contributed by atoms with Crippen LogP contribution in [-0.4, -0.2) is 32.7 Å². The third-order valence-corrected chi connectivity index (χ3v) is 6.86. The Morgan fingerprint density at radius 1 is 1.23 bits per heavy atom. The van der Waals surface area contributed by atoms with E-state index in [9.17, 15) is 13.2 Å². The molecular formula is C18H25BrN2O4S. The number of sulfonamides is 1. The lowest BCUT2D eigenvalue weighted by atomic mass is 9.88. The van der Waals surface area contributed by atoms with E-state index in [0.717, 1.165) is 41.5 Å². The molecule has 1 fully saturated rings. The second kappa shape index (κ2) is 8.27. The van der Waals surface area contributed by atoms with Crippen molar-refractivity contribution in [3.63, 3.8) is 0 Å². The van der Waals surface area contributed by atoms with E-state index in [2.05, 4.69) is 32.9 Å². The number of carbonyl (C=O) groups excluding carboxylic acids is 1. The summed E-state index contributed by atoms with van der Waals surface area (Å²) in [4.78, 5) is 12.3. The molecule has 1 saturated carbocycles. The fraction of sp³-hybridized carbons (Fsp3) is 0.611. The average Bonchev–Trinajstić information content (AvgIpc) is 2.57. The van der Waals surface area contributed by atoms with Crippen molar-refractivity contribution < 1.29 is 17.9 Å². The first kappa shape index (κ1) is 19.6. The van der Waals surface area contributed by atoms with Crippen LogP contribution in [0.15, 0.2) is 22.7 Å². The minimum atomic E-state index is -3.64. The van der Waals surface area contributed by atoms with Gasteiger partial charge in [0.15, 0.2) is 0 Å². The molecule has 3 rings (SSSR count). The number of ether oxygens (including phenoxy) is 1. The van der Waals surface area contributed by atoms with Gasteiger partial charge in [0.1, 0.15) is 11.5 Å². The van der Waals surface area contributed by atoms with Crippen LogP contribution in [0, 0.1) is 5.92 Å². The normalized spacial score (nSPS) is 25.8. The van der Waals surface area contributed by atoms with Crippen LogP contribution in [0.4, 0.5) is 0 Å². The molecule has 1 atom stereocenters. The minimum Gasteiger partial charge on any atom is -0.493 e. The number of amides is 1. The third-order valence-electron chi connectivity index (χ3n) is 5.03. The quantitative estimate of drug-likeness (QED) is 0.730. The molecule has 1 amide bonds. The first-order valence-electron chi connectivity index (χ1n) is 9.04. The van der Waals surface area contributed by atoms with Crippen LogP contribution in [0.3, 0.4) is 0 Å². The molecule has 1 aromatic rings. The Morgan fingerprint density at radius 2 is 1.96 bits per heavy atom. The molecule has 0 saturated heterocycles. The van der Waals surface area contributed by atoms with Gasteiger partial charge in [0, 0.05) is 22.5 Å². The fourth-order valence-electron chi connectivity index (χ4n) is 3.60. The number of hydrogen-bond donors (Lipinski definition) is 2. The predicted molar refractivity (Wildman–Crippen MR) is 103 cm³/mol. The Balaban J connectivity index is 1.58. The van der Waals surface area contributed by atoms with Gasteiger partial charge < -0.3 is 10.1 Å². The molecule has 0 aromatic heterocycles. The molecular weight excluding hydrogens is 420 g/mol. The van der Waals surface area contributed by atoms with Gasteiger partial charge in [-0.3, -0.25) is 4.79 Å². The van der Waals surface area contributed by atoms with Crippen LogP contribution < -0.4 is 14.8 Å². The van der Waals surface area contributed by atoms with Gasteiger partial charge in [-0.05, 0) is 49.8 Å². The topological polar surface area (TPSA) is 84.5 Å². The summed E-state index contributed by atoms with van der Waals surface area (Å²) in [5.41, 5.74) is 0.866. The van der Waals surface area contributed by atoms with E-state index in [1.165, 1.54) is 0 Å². The van der Waals surface area contributed by atoms with Gasteiger partial charge in [0.2, 0.25) is 15.9 Å². The number of benzene rings is 1. The molecule has 1 aromatic carbocycles. The van der Waals surface area contributed by atoms with Crippen LogP contribution in [0.1, 0.15) is 50.6 Å². The van der Waals surface area contributed by atoms with Gasteiger partial charge in [-0.15, -0.1) is 0 Å². The van der Waals surface area contributed by atoms with Crippen LogP contribution >= 0.6 is 15.9 Å². The van der Waals surface area contributed by atoms with E-state index in [1.807, 2.05) is 18.2 Å². The lowest BCUT2D eigenvalue weighted by Gasteiger charge is -2.28. The second-order valence-electron chi connectivity index (χ2n) is 7.27. The molecule has 0 bridgehead atoms. The summed E-state index contributed by atoms with van der Waals surface area (Å²) in [5.74, 6) is 0.341. The Bertz CT molecular complexity index is 760. The van der Waals surface area contributed by atoms with Crippen molar-refractivity contribution in [2.45, 2.75) is 51.1 Å².